The molecule has 0 atom stereocenters. The normalized spacial score (nSPS) is 13.7. The van der Waals surface area contributed by atoms with E-state index in [1.54, 1.807) is 6.07 Å². The summed E-state index contributed by atoms with van der Waals surface area (Å²) in [7, 11) is 0. The molecule has 1 nitrogen and oxygen atoms in total. The van der Waals surface area contributed by atoms with Crippen LogP contribution in [0.1, 0.15) is 16.7 Å². The molecule has 0 aliphatic carbocycles. The van der Waals surface area contributed by atoms with Crippen molar-refractivity contribution in [1.82, 2.24) is 0 Å². The van der Waals surface area contributed by atoms with Crippen molar-refractivity contribution in [3.05, 3.63) is 28.8 Å². The minimum atomic E-state index is -0.839. The Morgan fingerprint density at radius 2 is 1.00 bits per heavy atom. The third-order valence-corrected chi connectivity index (χ3v) is 5.80. The van der Waals surface area contributed by atoms with Gasteiger partial charge in [0, 0.05) is 16.7 Å². The van der Waals surface area contributed by atoms with Crippen molar-refractivity contribution in [2.24, 2.45) is 0 Å². The van der Waals surface area contributed by atoms with Crippen molar-refractivity contribution in [3.8, 4) is 5.75 Å². The Labute approximate surface area is 186 Å². The summed E-state index contributed by atoms with van der Waals surface area (Å²) in [5, 5.41) is 12.7. The van der Waals surface area contributed by atoms with Crippen molar-refractivity contribution in [1.29, 1.82) is 0 Å². The average molecular weight is 845 g/mol. The number of benzene rings is 1. The first-order chi connectivity index (χ1) is 8.26. The fourth-order valence-electron chi connectivity index (χ4n) is 1.32. The average Bonchev–Trinajstić information content (AvgIpc) is 2.11. The van der Waals surface area contributed by atoms with Crippen LogP contribution in [-0.2, 0) is 11.5 Å². The van der Waals surface area contributed by atoms with Gasteiger partial charge in [-0.3, -0.25) is 5.11 Å². The molecule has 0 aliphatic heterocycles. The summed E-state index contributed by atoms with van der Waals surface area (Å²) < 4.78 is -2.31. The maximum Gasteiger partial charge on any atom is 0.191 e. The molecular formula is C9H2Br9O. The summed E-state index contributed by atoms with van der Waals surface area (Å²) in [4.78, 5) is 0. The molecule has 0 amide bonds. The molecule has 0 heterocycles. The summed E-state index contributed by atoms with van der Waals surface area (Å²) in [5.74, 6) is -0.142. The fourth-order valence-corrected chi connectivity index (χ4v) is 4.43. The highest BCUT2D eigenvalue weighted by atomic mass is 80.0. The molecule has 0 N–H and O–H groups in total. The molecule has 0 unspecified atom stereocenters. The molecule has 0 bridgehead atoms. The largest absolute Gasteiger partial charge is 0.289 e. The van der Waals surface area contributed by atoms with E-state index in [9.17, 15) is 5.11 Å². The van der Waals surface area contributed by atoms with Crippen LogP contribution >= 0.6 is 143 Å². The van der Waals surface area contributed by atoms with Crippen LogP contribution in [0.15, 0.2) is 12.1 Å². The maximum absolute atomic E-state index is 12.7. The smallest absolute Gasteiger partial charge is 0.191 e. The van der Waals surface area contributed by atoms with Crippen LogP contribution in [0.5, 0.6) is 5.75 Å². The SMILES string of the molecule is [O]c1c(C(Br)(Br)Br)ccc(C(Br)(Br)Br)c1C(Br)(Br)Br. The molecule has 0 aliphatic rings. The van der Waals surface area contributed by atoms with E-state index < -0.39 is 6.43 Å². The van der Waals surface area contributed by atoms with E-state index >= 15 is 0 Å². The highest BCUT2D eigenvalue weighted by Crippen LogP contribution is 2.59. The molecule has 10 heteroatoms. The lowest BCUT2D eigenvalue weighted by atomic mass is 10.1. The van der Waals surface area contributed by atoms with Gasteiger partial charge in [0.25, 0.3) is 0 Å². The third kappa shape index (κ3) is 5.43. The van der Waals surface area contributed by atoms with Crippen molar-refractivity contribution in [3.63, 3.8) is 0 Å². The highest BCUT2D eigenvalue weighted by molar-refractivity contribution is 9.39. The molecule has 1 aromatic rings. The van der Waals surface area contributed by atoms with Gasteiger partial charge >= 0.3 is 0 Å². The molecule has 107 valence electrons. The quantitative estimate of drug-likeness (QED) is 0.233. The van der Waals surface area contributed by atoms with Gasteiger partial charge in [-0.05, 0) is 0 Å². The Hall–Kier alpha value is 3.34. The molecule has 0 aromatic heterocycles. The zero-order valence-corrected chi connectivity index (χ0v) is 22.7. The minimum Gasteiger partial charge on any atom is -0.289 e. The first-order valence-corrected chi connectivity index (χ1v) is 11.5. The van der Waals surface area contributed by atoms with Gasteiger partial charge in [0.05, 0.1) is 0 Å². The van der Waals surface area contributed by atoms with Gasteiger partial charge in [-0.2, -0.15) is 0 Å². The zero-order valence-electron chi connectivity index (χ0n) is 8.46. The van der Waals surface area contributed by atoms with Crippen LogP contribution in [0.3, 0.4) is 0 Å². The molecule has 0 spiro atoms. The molecule has 0 saturated heterocycles. The van der Waals surface area contributed by atoms with Crippen LogP contribution in [-0.4, -0.2) is 0 Å². The summed E-state index contributed by atoms with van der Waals surface area (Å²) in [6.45, 7) is 0. The van der Waals surface area contributed by atoms with Crippen LogP contribution in [0, 0.1) is 0 Å². The van der Waals surface area contributed by atoms with Crippen LogP contribution in [0.25, 0.3) is 0 Å². The molecule has 1 rings (SSSR count). The van der Waals surface area contributed by atoms with Crippen molar-refractivity contribution in [2.45, 2.75) is 6.43 Å². The summed E-state index contributed by atoms with van der Waals surface area (Å²) in [5.41, 5.74) is 1.74. The summed E-state index contributed by atoms with van der Waals surface area (Å²) in [6.07, 6.45) is 0. The van der Waals surface area contributed by atoms with E-state index in [0.717, 1.165) is 5.56 Å². The van der Waals surface area contributed by atoms with Crippen molar-refractivity contribution < 1.29 is 5.11 Å². The minimum absolute atomic E-state index is 0.142. The van der Waals surface area contributed by atoms with Gasteiger partial charge in [0.15, 0.2) is 12.2 Å². The second-order valence-corrected chi connectivity index (χ2v) is 23.6. The van der Waals surface area contributed by atoms with Crippen molar-refractivity contribution in [2.75, 3.05) is 0 Å². The lowest BCUT2D eigenvalue weighted by Gasteiger charge is -2.26. The Morgan fingerprint density at radius 3 is 1.32 bits per heavy atom. The molecular weight excluding hydrogens is 843 g/mol. The second-order valence-electron chi connectivity index (χ2n) is 3.36. The number of alkyl halides is 9. The van der Waals surface area contributed by atoms with E-state index in [4.69, 9.17) is 0 Å². The Morgan fingerprint density at radius 1 is 0.632 bits per heavy atom. The number of hydrogen-bond acceptors (Lipinski definition) is 0. The Bertz CT molecular complexity index is 480. The van der Waals surface area contributed by atoms with Crippen LogP contribution in [0.4, 0.5) is 0 Å². The zero-order chi connectivity index (χ0) is 15.2. The standard InChI is InChI=1S/C9H2Br9O/c10-7(11,12)3-1-2-4(8(13,14)15)6(19)5(3)9(16,17)18/h1-2H. The predicted molar refractivity (Wildman–Crippen MR) is 112 cm³/mol. The van der Waals surface area contributed by atoms with E-state index in [1.807, 2.05) is 6.07 Å². The Balaban J connectivity index is 3.71. The summed E-state index contributed by atoms with van der Waals surface area (Å²) >= 11 is 30.6. The number of hydrogen-bond donors (Lipinski definition) is 0. The first kappa shape index (κ1) is 20.4. The first-order valence-electron chi connectivity index (χ1n) is 4.32. The van der Waals surface area contributed by atoms with E-state index in [-0.39, 0.29) is 5.75 Å². The van der Waals surface area contributed by atoms with Gasteiger partial charge in [-0.25, -0.2) is 0 Å². The molecule has 1 radical (unpaired) electrons. The number of rotatable bonds is 0. The number of halogens is 9. The molecule has 0 fully saturated rings. The molecule has 1 aromatic carbocycles. The van der Waals surface area contributed by atoms with Gasteiger partial charge in [0.1, 0.15) is 0 Å². The van der Waals surface area contributed by atoms with E-state index in [0.29, 0.717) is 11.1 Å². The van der Waals surface area contributed by atoms with Gasteiger partial charge < -0.3 is 0 Å². The summed E-state index contributed by atoms with van der Waals surface area (Å²) in [6, 6.07) is 3.57. The fraction of sp³-hybridized carbons (Fsp3) is 0.333. The highest BCUT2D eigenvalue weighted by Gasteiger charge is 2.39. The van der Waals surface area contributed by atoms with Crippen molar-refractivity contribution >= 4 is 143 Å². The second kappa shape index (κ2) is 7.07. The molecule has 19 heavy (non-hydrogen) atoms. The topological polar surface area (TPSA) is 19.9 Å². The van der Waals surface area contributed by atoms with Gasteiger partial charge in [-0.1, -0.05) is 156 Å². The lowest BCUT2D eigenvalue weighted by Crippen LogP contribution is -2.12. The van der Waals surface area contributed by atoms with Crippen LogP contribution < -0.4 is 0 Å². The van der Waals surface area contributed by atoms with E-state index in [1.165, 1.54) is 0 Å². The third-order valence-electron chi connectivity index (χ3n) is 2.05. The van der Waals surface area contributed by atoms with E-state index in [2.05, 4.69) is 143 Å². The van der Waals surface area contributed by atoms with Gasteiger partial charge in [0.2, 0.25) is 0 Å². The predicted octanol–water partition coefficient (Wildman–Crippen LogP) is 8.72. The lowest BCUT2D eigenvalue weighted by molar-refractivity contribution is 0.347. The van der Waals surface area contributed by atoms with Crippen LogP contribution in [0.2, 0.25) is 0 Å². The Kier molecular flexibility index (Phi) is 7.58. The maximum atomic E-state index is 12.7. The monoisotopic (exact) mass is 836 g/mol. The molecule has 0 saturated carbocycles. The van der Waals surface area contributed by atoms with Gasteiger partial charge in [-0.15, -0.1) is 0 Å².